The van der Waals surface area contributed by atoms with E-state index >= 15 is 0 Å². The highest BCUT2D eigenvalue weighted by Gasteiger charge is 2.29. The van der Waals surface area contributed by atoms with Gasteiger partial charge in [0.05, 0.1) is 5.54 Å². The second-order valence-corrected chi connectivity index (χ2v) is 3.06. The Bertz CT molecular complexity index is 235. The molecule has 52 valence electrons. The molecule has 1 heteroatoms. The molecule has 2 rings (SSSR count). The van der Waals surface area contributed by atoms with Crippen molar-refractivity contribution in [2.45, 2.75) is 18.9 Å². The summed E-state index contributed by atoms with van der Waals surface area (Å²) in [5.41, 5.74) is 1.60. The first kappa shape index (κ1) is 5.78. The van der Waals surface area contributed by atoms with Crippen LogP contribution in [-0.2, 0) is 0 Å². The number of hydrogen-bond donors (Lipinski definition) is 1. The summed E-state index contributed by atoms with van der Waals surface area (Å²) in [6.45, 7) is 2.22. The van der Waals surface area contributed by atoms with Gasteiger partial charge in [0.15, 0.2) is 0 Å². The van der Waals surface area contributed by atoms with E-state index < -0.39 is 0 Å². The van der Waals surface area contributed by atoms with Gasteiger partial charge >= 0.3 is 0 Å². The van der Waals surface area contributed by atoms with E-state index in [0.717, 1.165) is 6.42 Å². The Morgan fingerprint density at radius 2 is 2.50 bits per heavy atom. The van der Waals surface area contributed by atoms with Gasteiger partial charge in [-0.3, -0.25) is 0 Å². The molecule has 1 nitrogen and oxygen atoms in total. The minimum absolute atomic E-state index is 0.203. The van der Waals surface area contributed by atoms with Crippen molar-refractivity contribution in [3.05, 3.63) is 36.1 Å². The molecule has 1 unspecified atom stereocenters. The number of allylic oxidation sites excluding steroid dienone is 2. The normalized spacial score (nSPS) is 35.1. The van der Waals surface area contributed by atoms with Crippen molar-refractivity contribution in [3.63, 3.8) is 0 Å². The Morgan fingerprint density at radius 3 is 3.30 bits per heavy atom. The highest BCUT2D eigenvalue weighted by atomic mass is 15.0. The van der Waals surface area contributed by atoms with Crippen LogP contribution in [0.5, 0.6) is 0 Å². The smallest absolute Gasteiger partial charge is 0.0626 e. The molecule has 0 aromatic carbocycles. The van der Waals surface area contributed by atoms with Crippen molar-refractivity contribution >= 4 is 0 Å². The summed E-state index contributed by atoms with van der Waals surface area (Å²) in [4.78, 5) is 0. The topological polar surface area (TPSA) is 12.0 Å². The predicted octanol–water partition coefficient (Wildman–Crippen LogP) is 1.75. The lowest BCUT2D eigenvalue weighted by Gasteiger charge is -2.27. The van der Waals surface area contributed by atoms with Gasteiger partial charge in [0.25, 0.3) is 0 Å². The molecule has 0 aromatic heterocycles. The Balaban J connectivity index is 2.41. The second-order valence-electron chi connectivity index (χ2n) is 3.06. The van der Waals surface area contributed by atoms with Gasteiger partial charge in [0, 0.05) is 0 Å². The molecule has 2 aliphatic rings. The van der Waals surface area contributed by atoms with Crippen LogP contribution in [0.2, 0.25) is 0 Å². The van der Waals surface area contributed by atoms with Gasteiger partial charge in [0.1, 0.15) is 0 Å². The molecule has 0 saturated heterocycles. The SMILES string of the molecule is CC12CC=CC=C1C=CN2. The standard InChI is InChI=1S/C9H11N/c1-9-6-3-2-4-8(9)5-7-10-9/h2-5,7,10H,6H2,1H3. The van der Waals surface area contributed by atoms with Crippen LogP contribution in [0.1, 0.15) is 13.3 Å². The molecule has 0 aromatic rings. The van der Waals surface area contributed by atoms with Crippen LogP contribution in [0.4, 0.5) is 0 Å². The van der Waals surface area contributed by atoms with E-state index in [-0.39, 0.29) is 5.54 Å². The monoisotopic (exact) mass is 133 g/mol. The van der Waals surface area contributed by atoms with Crippen molar-refractivity contribution in [1.82, 2.24) is 5.32 Å². The van der Waals surface area contributed by atoms with Crippen molar-refractivity contribution in [1.29, 1.82) is 0 Å². The van der Waals surface area contributed by atoms with Crippen LogP contribution in [0.3, 0.4) is 0 Å². The lowest BCUT2D eigenvalue weighted by Crippen LogP contribution is -2.36. The lowest BCUT2D eigenvalue weighted by atomic mass is 9.87. The third-order valence-electron chi connectivity index (χ3n) is 2.24. The zero-order valence-electron chi connectivity index (χ0n) is 6.09. The minimum Gasteiger partial charge on any atom is -0.381 e. The molecule has 0 amide bonds. The fourth-order valence-electron chi connectivity index (χ4n) is 1.47. The number of fused-ring (bicyclic) bond motifs is 1. The minimum atomic E-state index is 0.203. The van der Waals surface area contributed by atoms with Crippen LogP contribution >= 0.6 is 0 Å². The maximum atomic E-state index is 3.33. The van der Waals surface area contributed by atoms with Crippen LogP contribution < -0.4 is 5.32 Å². The van der Waals surface area contributed by atoms with Crippen molar-refractivity contribution in [2.24, 2.45) is 0 Å². The van der Waals surface area contributed by atoms with Crippen molar-refractivity contribution < 1.29 is 0 Å². The van der Waals surface area contributed by atoms with Gasteiger partial charge in [-0.1, -0.05) is 18.2 Å². The number of hydrogen-bond acceptors (Lipinski definition) is 1. The summed E-state index contributed by atoms with van der Waals surface area (Å²) in [5.74, 6) is 0. The van der Waals surface area contributed by atoms with E-state index in [1.54, 1.807) is 0 Å². The van der Waals surface area contributed by atoms with Crippen LogP contribution in [0.25, 0.3) is 0 Å². The van der Waals surface area contributed by atoms with Gasteiger partial charge < -0.3 is 5.32 Å². The molecular formula is C9H11N. The van der Waals surface area contributed by atoms with Crippen molar-refractivity contribution in [3.8, 4) is 0 Å². The maximum absolute atomic E-state index is 3.33. The molecule has 0 bridgehead atoms. The molecule has 0 fully saturated rings. The second kappa shape index (κ2) is 1.75. The highest BCUT2D eigenvalue weighted by molar-refractivity contribution is 5.41. The van der Waals surface area contributed by atoms with Gasteiger partial charge in [0.2, 0.25) is 0 Å². The van der Waals surface area contributed by atoms with Gasteiger partial charge in [-0.05, 0) is 31.2 Å². The van der Waals surface area contributed by atoms with E-state index in [2.05, 4.69) is 36.5 Å². The zero-order chi connectivity index (χ0) is 7.03. The fourth-order valence-corrected chi connectivity index (χ4v) is 1.47. The van der Waals surface area contributed by atoms with Gasteiger partial charge in [-0.2, -0.15) is 0 Å². The Labute approximate surface area is 61.1 Å². The quantitative estimate of drug-likeness (QED) is 0.531. The number of nitrogens with one attached hydrogen (secondary N) is 1. The first-order valence-corrected chi connectivity index (χ1v) is 3.63. The summed E-state index contributed by atoms with van der Waals surface area (Å²) in [7, 11) is 0. The fraction of sp³-hybridized carbons (Fsp3) is 0.333. The molecule has 0 radical (unpaired) electrons. The Hall–Kier alpha value is -0.980. The molecule has 10 heavy (non-hydrogen) atoms. The van der Waals surface area contributed by atoms with Gasteiger partial charge in [-0.25, -0.2) is 0 Å². The molecule has 1 atom stereocenters. The summed E-state index contributed by atoms with van der Waals surface area (Å²) in [6.07, 6.45) is 11.8. The largest absolute Gasteiger partial charge is 0.381 e. The lowest BCUT2D eigenvalue weighted by molar-refractivity contribution is 0.502. The highest BCUT2D eigenvalue weighted by Crippen LogP contribution is 2.29. The van der Waals surface area contributed by atoms with E-state index in [0.29, 0.717) is 0 Å². The van der Waals surface area contributed by atoms with Crippen LogP contribution in [-0.4, -0.2) is 5.54 Å². The van der Waals surface area contributed by atoms with Crippen LogP contribution in [0, 0.1) is 0 Å². The summed E-state index contributed by atoms with van der Waals surface area (Å²) < 4.78 is 0. The molecule has 0 spiro atoms. The van der Waals surface area contributed by atoms with Crippen LogP contribution in [0.15, 0.2) is 36.1 Å². The Morgan fingerprint density at radius 1 is 1.60 bits per heavy atom. The molecule has 0 saturated carbocycles. The third kappa shape index (κ3) is 0.635. The average molecular weight is 133 g/mol. The first-order valence-electron chi connectivity index (χ1n) is 3.63. The molecule has 1 aliphatic carbocycles. The molecule has 1 N–H and O–H groups in total. The van der Waals surface area contributed by atoms with E-state index in [9.17, 15) is 0 Å². The van der Waals surface area contributed by atoms with E-state index in [4.69, 9.17) is 0 Å². The summed E-state index contributed by atoms with van der Waals surface area (Å²) in [6, 6.07) is 0. The van der Waals surface area contributed by atoms with E-state index in [1.165, 1.54) is 5.57 Å². The summed E-state index contributed by atoms with van der Waals surface area (Å²) in [5, 5.41) is 3.33. The van der Waals surface area contributed by atoms with Crippen molar-refractivity contribution in [2.75, 3.05) is 0 Å². The van der Waals surface area contributed by atoms with E-state index in [1.807, 2.05) is 6.20 Å². The van der Waals surface area contributed by atoms with Gasteiger partial charge in [-0.15, -0.1) is 0 Å². The molecule has 1 aliphatic heterocycles. The third-order valence-corrected chi connectivity index (χ3v) is 2.24. The molecular weight excluding hydrogens is 122 g/mol. The predicted molar refractivity (Wildman–Crippen MR) is 42.5 cm³/mol. The first-order chi connectivity index (χ1) is 4.81. The average Bonchev–Trinajstić information content (AvgIpc) is 2.29. The summed E-state index contributed by atoms with van der Waals surface area (Å²) >= 11 is 0. The Kier molecular flexibility index (Phi) is 1.01. The maximum Gasteiger partial charge on any atom is 0.0626 e. The zero-order valence-corrected chi connectivity index (χ0v) is 6.09. The molecule has 1 heterocycles. The number of rotatable bonds is 0.